The Bertz CT molecular complexity index is 1070. The van der Waals surface area contributed by atoms with E-state index in [2.05, 4.69) is 10.3 Å². The van der Waals surface area contributed by atoms with Crippen LogP contribution < -0.4 is 21.9 Å². The van der Waals surface area contributed by atoms with Gasteiger partial charge in [-0.05, 0) is 48.3 Å². The van der Waals surface area contributed by atoms with E-state index in [0.717, 1.165) is 36.9 Å². The predicted molar refractivity (Wildman–Crippen MR) is 117 cm³/mol. The average Bonchev–Trinajstić information content (AvgIpc) is 3.29. The summed E-state index contributed by atoms with van der Waals surface area (Å²) in [5.74, 6) is 0.463. The van der Waals surface area contributed by atoms with Gasteiger partial charge in [0.15, 0.2) is 5.13 Å². The van der Waals surface area contributed by atoms with Gasteiger partial charge >= 0.3 is 0 Å². The number of nitrogens with two attached hydrogens (primary N) is 3. The summed E-state index contributed by atoms with van der Waals surface area (Å²) in [5.41, 5.74) is 15.5. The van der Waals surface area contributed by atoms with Crippen molar-refractivity contribution < 1.29 is 0 Å². The summed E-state index contributed by atoms with van der Waals surface area (Å²) >= 11 is 4.22. The number of benzene rings is 2. The van der Waals surface area contributed by atoms with Crippen molar-refractivity contribution in [2.24, 2.45) is 5.14 Å². The molecule has 0 spiro atoms. The Hall–Kier alpha value is -2.59. The van der Waals surface area contributed by atoms with Crippen LogP contribution in [0.1, 0.15) is 0 Å². The van der Waals surface area contributed by atoms with E-state index in [9.17, 15) is 0 Å². The van der Waals surface area contributed by atoms with Crippen molar-refractivity contribution in [3.8, 4) is 21.1 Å². The van der Waals surface area contributed by atoms with Crippen molar-refractivity contribution in [1.29, 1.82) is 0 Å². The van der Waals surface area contributed by atoms with Crippen LogP contribution in [0.3, 0.4) is 0 Å². The average molecular weight is 413 g/mol. The third-order valence-corrected chi connectivity index (χ3v) is 6.30. The largest absolute Gasteiger partial charge is 0.399 e. The Morgan fingerprint density at radius 1 is 1.00 bits per heavy atom. The third kappa shape index (κ3) is 3.91. The van der Waals surface area contributed by atoms with E-state index >= 15 is 0 Å². The molecule has 2 heterocycles. The second-order valence-electron chi connectivity index (χ2n) is 5.66. The molecule has 136 valence electrons. The molecule has 0 radical (unpaired) electrons. The van der Waals surface area contributed by atoms with Gasteiger partial charge in [0.25, 0.3) is 0 Å². The summed E-state index contributed by atoms with van der Waals surface area (Å²) in [6.45, 7) is 0. The Morgan fingerprint density at radius 3 is 2.56 bits per heavy atom. The topological polar surface area (TPSA) is 116 Å². The van der Waals surface area contributed by atoms with Crippen LogP contribution in [0.25, 0.3) is 21.1 Å². The molecule has 0 amide bonds. The molecule has 0 bridgehead atoms. The second-order valence-corrected chi connectivity index (χ2v) is 8.23. The number of anilines is 4. The zero-order chi connectivity index (χ0) is 18.8. The van der Waals surface area contributed by atoms with Gasteiger partial charge in [0.1, 0.15) is 15.7 Å². The van der Waals surface area contributed by atoms with E-state index in [4.69, 9.17) is 21.6 Å². The van der Waals surface area contributed by atoms with Crippen LogP contribution in [0.4, 0.5) is 22.3 Å². The third-order valence-electron chi connectivity index (χ3n) is 3.78. The molecule has 0 aliphatic rings. The normalized spacial score (nSPS) is 10.9. The molecule has 0 aliphatic heterocycles. The number of nitrogens with zero attached hydrogens (tertiary/aromatic N) is 2. The van der Waals surface area contributed by atoms with Crippen molar-refractivity contribution >= 4 is 56.9 Å². The van der Waals surface area contributed by atoms with Gasteiger partial charge in [-0.3, -0.25) is 5.14 Å². The Labute approximate surface area is 168 Å². The lowest BCUT2D eigenvalue weighted by Gasteiger charge is -2.02. The lowest BCUT2D eigenvalue weighted by atomic mass is 10.1. The van der Waals surface area contributed by atoms with Crippen LogP contribution in [0, 0.1) is 0 Å². The lowest BCUT2D eigenvalue weighted by molar-refractivity contribution is 1.37. The summed E-state index contributed by atoms with van der Waals surface area (Å²) in [4.78, 5) is 11.0. The van der Waals surface area contributed by atoms with Gasteiger partial charge < -0.3 is 16.8 Å². The molecule has 4 rings (SSSR count). The lowest BCUT2D eigenvalue weighted by Crippen LogP contribution is -1.91. The molecule has 27 heavy (non-hydrogen) atoms. The minimum atomic E-state index is 0.463. The van der Waals surface area contributed by atoms with Gasteiger partial charge in [0.2, 0.25) is 0 Å². The highest BCUT2D eigenvalue weighted by molar-refractivity contribution is 7.97. The van der Waals surface area contributed by atoms with Gasteiger partial charge in [-0.2, -0.15) is 0 Å². The molecule has 0 atom stereocenters. The van der Waals surface area contributed by atoms with Crippen LogP contribution in [0.15, 0.2) is 58.8 Å². The molecule has 0 saturated heterocycles. The number of nitrogens with one attached hydrogen (secondary N) is 1. The molecule has 0 unspecified atom stereocenters. The van der Waals surface area contributed by atoms with E-state index in [1.54, 1.807) is 0 Å². The molecule has 6 nitrogen and oxygen atoms in total. The Kier molecular flexibility index (Phi) is 4.99. The smallest absolute Gasteiger partial charge is 0.189 e. The van der Waals surface area contributed by atoms with Crippen LogP contribution in [0.5, 0.6) is 0 Å². The minimum absolute atomic E-state index is 0.463. The van der Waals surface area contributed by atoms with Crippen LogP contribution in [0.2, 0.25) is 0 Å². The SMILES string of the molecule is NSc1ccc(Nc2nc(N)c(-c3nc(-c4cccc(N)c4)cs3)s2)cc1. The van der Waals surface area contributed by atoms with Crippen LogP contribution >= 0.6 is 34.6 Å². The maximum Gasteiger partial charge on any atom is 0.189 e. The van der Waals surface area contributed by atoms with Gasteiger partial charge in [-0.25, -0.2) is 9.97 Å². The first-order chi connectivity index (χ1) is 13.1. The molecule has 7 N–H and O–H groups in total. The van der Waals surface area contributed by atoms with Crippen molar-refractivity contribution in [1.82, 2.24) is 9.97 Å². The summed E-state index contributed by atoms with van der Waals surface area (Å²) < 4.78 is 0. The summed E-state index contributed by atoms with van der Waals surface area (Å²) in [7, 11) is 0. The summed E-state index contributed by atoms with van der Waals surface area (Å²) in [5, 5.41) is 12.4. The zero-order valence-corrected chi connectivity index (χ0v) is 16.5. The molecular formula is C18H16N6S3. The number of hydrogen-bond donors (Lipinski definition) is 4. The maximum absolute atomic E-state index is 6.13. The molecule has 2 aromatic heterocycles. The standard InChI is InChI=1S/C18H16N6S3/c19-11-3-1-2-10(8-11)14-9-25-17(23-14)15-16(20)24-18(26-15)22-12-4-6-13(27-21)7-5-12/h1-9H,19-21H2,(H,22,24). The molecule has 0 saturated carbocycles. The van der Waals surface area contributed by atoms with E-state index in [1.807, 2.05) is 53.9 Å². The predicted octanol–water partition coefficient (Wildman–Crippen LogP) is 4.81. The quantitative estimate of drug-likeness (QED) is 0.275. The first kappa shape index (κ1) is 17.8. The molecular weight excluding hydrogens is 396 g/mol. The fraction of sp³-hybridized carbons (Fsp3) is 0. The van der Waals surface area contributed by atoms with Gasteiger partial charge in [0.05, 0.1) is 5.69 Å². The second kappa shape index (κ2) is 7.57. The minimum Gasteiger partial charge on any atom is -0.399 e. The highest BCUT2D eigenvalue weighted by atomic mass is 32.2. The highest BCUT2D eigenvalue weighted by Gasteiger charge is 2.15. The number of hydrogen-bond acceptors (Lipinski definition) is 9. The van der Waals surface area contributed by atoms with Crippen molar-refractivity contribution in [2.45, 2.75) is 4.90 Å². The zero-order valence-electron chi connectivity index (χ0n) is 14.0. The molecule has 2 aromatic carbocycles. The summed E-state index contributed by atoms with van der Waals surface area (Å²) in [6, 6.07) is 15.5. The van der Waals surface area contributed by atoms with E-state index in [-0.39, 0.29) is 0 Å². The fourth-order valence-corrected chi connectivity index (χ4v) is 4.61. The number of rotatable bonds is 5. The van der Waals surface area contributed by atoms with Gasteiger partial charge in [0, 0.05) is 27.2 Å². The van der Waals surface area contributed by atoms with E-state index < -0.39 is 0 Å². The molecule has 9 heteroatoms. The fourth-order valence-electron chi connectivity index (χ4n) is 2.49. The Balaban J connectivity index is 1.58. The van der Waals surface area contributed by atoms with E-state index in [0.29, 0.717) is 11.5 Å². The van der Waals surface area contributed by atoms with Crippen molar-refractivity contribution in [3.63, 3.8) is 0 Å². The van der Waals surface area contributed by atoms with Crippen LogP contribution in [-0.2, 0) is 0 Å². The van der Waals surface area contributed by atoms with Gasteiger partial charge in [-0.15, -0.1) is 11.3 Å². The monoisotopic (exact) mass is 412 g/mol. The Morgan fingerprint density at radius 2 is 1.81 bits per heavy atom. The van der Waals surface area contributed by atoms with Crippen molar-refractivity contribution in [2.75, 3.05) is 16.8 Å². The number of aromatic nitrogens is 2. The summed E-state index contributed by atoms with van der Waals surface area (Å²) in [6.07, 6.45) is 0. The molecule has 4 aromatic rings. The van der Waals surface area contributed by atoms with E-state index in [1.165, 1.54) is 34.6 Å². The van der Waals surface area contributed by atoms with Crippen molar-refractivity contribution in [3.05, 3.63) is 53.9 Å². The maximum atomic E-state index is 6.13. The first-order valence-corrected chi connectivity index (χ1v) is 10.5. The highest BCUT2D eigenvalue weighted by Crippen LogP contribution is 2.39. The first-order valence-electron chi connectivity index (χ1n) is 7.94. The molecule has 0 fully saturated rings. The number of thiazole rings is 2. The van der Waals surface area contributed by atoms with Gasteiger partial charge in [-0.1, -0.05) is 23.5 Å². The molecule has 0 aliphatic carbocycles. The number of nitrogen functional groups attached to an aromatic ring is 2. The van der Waals surface area contributed by atoms with Crippen LogP contribution in [-0.4, -0.2) is 9.97 Å².